The number of rotatable bonds is 6. The van der Waals surface area contributed by atoms with Crippen LogP contribution < -0.4 is 4.90 Å². The van der Waals surface area contributed by atoms with Crippen molar-refractivity contribution in [1.29, 1.82) is 5.26 Å². The Balaban J connectivity index is 1.18. The molecule has 2 unspecified atom stereocenters. The molecule has 0 amide bonds. The molecule has 1 aliphatic carbocycles. The van der Waals surface area contributed by atoms with Crippen molar-refractivity contribution in [2.75, 3.05) is 4.90 Å². The first-order chi connectivity index (χ1) is 22.6. The average molecular weight is 615 g/mol. The Morgan fingerprint density at radius 1 is 0.783 bits per heavy atom. The molecule has 2 heterocycles. The molecule has 1 aromatic heterocycles. The van der Waals surface area contributed by atoms with Crippen LogP contribution in [0.5, 0.6) is 0 Å². The molecule has 8 rings (SSSR count). The summed E-state index contributed by atoms with van der Waals surface area (Å²) in [5, 5.41) is 20.8. The van der Waals surface area contributed by atoms with Gasteiger partial charge in [0, 0.05) is 43.5 Å². The van der Waals surface area contributed by atoms with Gasteiger partial charge in [-0.05, 0) is 88.7 Å². The van der Waals surface area contributed by atoms with Gasteiger partial charge >= 0.3 is 5.97 Å². The molecule has 1 fully saturated rings. The van der Waals surface area contributed by atoms with E-state index in [1.165, 1.54) is 74.6 Å². The van der Waals surface area contributed by atoms with Crippen LogP contribution >= 0.6 is 11.3 Å². The van der Waals surface area contributed by atoms with E-state index in [0.29, 0.717) is 17.5 Å². The van der Waals surface area contributed by atoms with Gasteiger partial charge in [0.05, 0.1) is 0 Å². The fraction of sp³-hybridized carbons (Fsp3) is 0.122. The maximum atomic E-state index is 11.4. The molecule has 5 heteroatoms. The molecule has 2 aliphatic rings. The van der Waals surface area contributed by atoms with Crippen molar-refractivity contribution in [3.63, 3.8) is 0 Å². The maximum Gasteiger partial charge on any atom is 0.346 e. The van der Waals surface area contributed by atoms with E-state index in [4.69, 9.17) is 0 Å². The second-order valence-corrected chi connectivity index (χ2v) is 13.2. The standard InChI is InChI=1S/C41H30N2O2S/c42-25-30(41(44)45)20-26-14-17-33-34-18-16-31(24-40(34)46-39(33)23-26)43-37-13-7-12-32(37)36-22-27(15-19-38(36)43)21-35(28-8-3-1-4-9-28)29-10-5-2-6-11-29/h1-6,8-11,14-24,32,37H,7,12-13H2,(H,44,45)/b30-20+. The van der Waals surface area contributed by atoms with Gasteiger partial charge in [0.2, 0.25) is 0 Å². The minimum absolute atomic E-state index is 0.267. The lowest BCUT2D eigenvalue weighted by Crippen LogP contribution is -2.26. The predicted molar refractivity (Wildman–Crippen MR) is 189 cm³/mol. The normalized spacial score (nSPS) is 17.1. The second-order valence-electron chi connectivity index (χ2n) is 12.1. The highest BCUT2D eigenvalue weighted by Crippen LogP contribution is 2.53. The number of thiophene rings is 1. The summed E-state index contributed by atoms with van der Waals surface area (Å²) in [4.78, 5) is 13.9. The van der Waals surface area contributed by atoms with Gasteiger partial charge in [-0.1, -0.05) is 91.3 Å². The van der Waals surface area contributed by atoms with E-state index >= 15 is 0 Å². The van der Waals surface area contributed by atoms with E-state index < -0.39 is 5.97 Å². The maximum absolute atomic E-state index is 11.4. The number of nitriles is 1. The van der Waals surface area contributed by atoms with Gasteiger partial charge in [-0.3, -0.25) is 0 Å². The summed E-state index contributed by atoms with van der Waals surface area (Å²) in [6.07, 6.45) is 7.38. The summed E-state index contributed by atoms with van der Waals surface area (Å²) in [5.41, 5.74) is 9.27. The Hall–Kier alpha value is -5.44. The first kappa shape index (κ1) is 28.1. The summed E-state index contributed by atoms with van der Waals surface area (Å²) in [7, 11) is 0. The van der Waals surface area contributed by atoms with Crippen LogP contribution in [0.1, 0.15) is 53.0 Å². The monoisotopic (exact) mass is 614 g/mol. The van der Waals surface area contributed by atoms with E-state index in [9.17, 15) is 15.2 Å². The largest absolute Gasteiger partial charge is 0.477 e. The third-order valence-corrected chi connectivity index (χ3v) is 10.5. The molecule has 222 valence electrons. The number of carboxylic acids is 1. The highest BCUT2D eigenvalue weighted by atomic mass is 32.1. The molecule has 0 saturated heterocycles. The van der Waals surface area contributed by atoms with E-state index in [0.717, 1.165) is 10.1 Å². The van der Waals surface area contributed by atoms with Crippen LogP contribution in [0.25, 0.3) is 37.9 Å². The van der Waals surface area contributed by atoms with Crippen molar-refractivity contribution < 1.29 is 9.90 Å². The number of benzene rings is 5. The molecule has 4 nitrogen and oxygen atoms in total. The number of hydrogen-bond acceptors (Lipinski definition) is 4. The number of hydrogen-bond donors (Lipinski definition) is 1. The van der Waals surface area contributed by atoms with E-state index in [1.54, 1.807) is 17.4 Å². The summed E-state index contributed by atoms with van der Waals surface area (Å²) in [6, 6.07) is 43.2. The molecular formula is C41H30N2O2S. The molecule has 6 aromatic rings. The lowest BCUT2D eigenvalue weighted by Gasteiger charge is -2.27. The molecule has 0 spiro atoms. The Morgan fingerprint density at radius 3 is 2.13 bits per heavy atom. The molecular weight excluding hydrogens is 585 g/mol. The molecule has 0 radical (unpaired) electrons. The van der Waals surface area contributed by atoms with Crippen molar-refractivity contribution in [3.05, 3.63) is 149 Å². The second kappa shape index (κ2) is 11.5. The summed E-state index contributed by atoms with van der Waals surface area (Å²) in [6.45, 7) is 0. The van der Waals surface area contributed by atoms with Gasteiger partial charge in [-0.25, -0.2) is 4.79 Å². The van der Waals surface area contributed by atoms with E-state index in [1.807, 2.05) is 18.2 Å². The van der Waals surface area contributed by atoms with Crippen molar-refractivity contribution in [1.82, 2.24) is 0 Å². The van der Waals surface area contributed by atoms with Crippen molar-refractivity contribution >= 4 is 66.6 Å². The molecule has 5 aromatic carbocycles. The van der Waals surface area contributed by atoms with Crippen LogP contribution in [-0.2, 0) is 4.79 Å². The van der Waals surface area contributed by atoms with Gasteiger partial charge in [-0.2, -0.15) is 5.26 Å². The number of carbonyl (C=O) groups is 1. The minimum atomic E-state index is -1.21. The van der Waals surface area contributed by atoms with E-state index in [2.05, 4.69) is 108 Å². The summed E-state index contributed by atoms with van der Waals surface area (Å²) >= 11 is 1.71. The molecule has 46 heavy (non-hydrogen) atoms. The molecule has 0 bridgehead atoms. The molecule has 2 atom stereocenters. The van der Waals surface area contributed by atoms with Gasteiger partial charge in [0.1, 0.15) is 11.6 Å². The SMILES string of the molecule is N#C/C(=C\c1ccc2c(c1)sc1cc(N3c4ccc(C=C(c5ccccc5)c5ccccc5)cc4C4CCCC43)ccc12)C(=O)O. The van der Waals surface area contributed by atoms with Crippen molar-refractivity contribution in [2.24, 2.45) is 0 Å². The fourth-order valence-corrected chi connectivity index (χ4v) is 8.55. The number of fused-ring (bicyclic) bond motifs is 6. The van der Waals surface area contributed by atoms with E-state index in [-0.39, 0.29) is 5.57 Å². The Morgan fingerprint density at radius 2 is 1.43 bits per heavy atom. The number of aliphatic carboxylic acids is 1. The molecule has 1 saturated carbocycles. The third kappa shape index (κ3) is 4.88. The predicted octanol–water partition coefficient (Wildman–Crippen LogP) is 10.4. The van der Waals surface area contributed by atoms with Crippen molar-refractivity contribution in [2.45, 2.75) is 31.2 Å². The van der Waals surface area contributed by atoms with Gasteiger partial charge in [0.15, 0.2) is 0 Å². The van der Waals surface area contributed by atoms with Crippen LogP contribution in [0.2, 0.25) is 0 Å². The van der Waals surface area contributed by atoms with Gasteiger partial charge < -0.3 is 10.0 Å². The Kier molecular flexibility index (Phi) is 7.01. The zero-order valence-corrected chi connectivity index (χ0v) is 25.9. The zero-order valence-electron chi connectivity index (χ0n) is 25.1. The Labute approximate surface area is 271 Å². The first-order valence-corrected chi connectivity index (χ1v) is 16.5. The lowest BCUT2D eigenvalue weighted by atomic mass is 9.93. The van der Waals surface area contributed by atoms with Crippen molar-refractivity contribution in [3.8, 4) is 6.07 Å². The number of carboxylic acid groups (broad SMARTS) is 1. The number of anilines is 2. The lowest BCUT2D eigenvalue weighted by molar-refractivity contribution is -0.132. The smallest absolute Gasteiger partial charge is 0.346 e. The summed E-state index contributed by atoms with van der Waals surface area (Å²) in [5.74, 6) is -0.702. The zero-order chi connectivity index (χ0) is 31.2. The van der Waals surface area contributed by atoms with Crippen LogP contribution in [0, 0.1) is 11.3 Å². The summed E-state index contributed by atoms with van der Waals surface area (Å²) < 4.78 is 2.28. The highest BCUT2D eigenvalue weighted by molar-refractivity contribution is 7.25. The molecule has 1 aliphatic heterocycles. The topological polar surface area (TPSA) is 64.3 Å². The first-order valence-electron chi connectivity index (χ1n) is 15.6. The highest BCUT2D eigenvalue weighted by Gasteiger charge is 2.42. The average Bonchev–Trinajstić information content (AvgIpc) is 3.79. The van der Waals surface area contributed by atoms with Gasteiger partial charge in [-0.15, -0.1) is 11.3 Å². The van der Waals surface area contributed by atoms with Crippen LogP contribution in [0.3, 0.4) is 0 Å². The van der Waals surface area contributed by atoms with Crippen LogP contribution in [0.15, 0.2) is 121 Å². The van der Waals surface area contributed by atoms with Gasteiger partial charge in [0.25, 0.3) is 0 Å². The molecule has 1 N–H and O–H groups in total. The third-order valence-electron chi connectivity index (χ3n) is 9.42. The van der Waals surface area contributed by atoms with Crippen LogP contribution in [-0.4, -0.2) is 17.1 Å². The minimum Gasteiger partial charge on any atom is -0.477 e. The fourth-order valence-electron chi connectivity index (χ4n) is 7.37. The van der Waals surface area contributed by atoms with Crippen LogP contribution in [0.4, 0.5) is 11.4 Å². The Bertz CT molecular complexity index is 2200. The number of nitrogens with zero attached hydrogens (tertiary/aromatic N) is 2. The quantitative estimate of drug-likeness (QED) is 0.115.